The Morgan fingerprint density at radius 3 is 2.67 bits per heavy atom. The van der Waals surface area contributed by atoms with E-state index >= 15 is 0 Å². The summed E-state index contributed by atoms with van der Waals surface area (Å²) in [6.45, 7) is 1.95. The van der Waals surface area contributed by atoms with E-state index in [0.29, 0.717) is 17.8 Å². The molecule has 4 rings (SSSR count). The summed E-state index contributed by atoms with van der Waals surface area (Å²) in [5, 5.41) is 7.78. The molecule has 0 radical (unpaired) electrons. The van der Waals surface area contributed by atoms with Gasteiger partial charge in [0.15, 0.2) is 5.76 Å². The third-order valence-corrected chi connectivity index (χ3v) is 4.86. The molecule has 3 heterocycles. The SMILES string of the molecule is Cc1c(C(=O)NC2CC3CCC(C2)N3)oc2ccccc12. The van der Waals surface area contributed by atoms with E-state index in [2.05, 4.69) is 10.6 Å². The Morgan fingerprint density at radius 2 is 1.95 bits per heavy atom. The molecule has 21 heavy (non-hydrogen) atoms. The van der Waals surface area contributed by atoms with Gasteiger partial charge in [-0.05, 0) is 38.7 Å². The second kappa shape index (κ2) is 4.88. The Morgan fingerprint density at radius 1 is 1.24 bits per heavy atom. The van der Waals surface area contributed by atoms with Crippen LogP contribution in [-0.4, -0.2) is 24.0 Å². The lowest BCUT2D eigenvalue weighted by Gasteiger charge is -2.29. The summed E-state index contributed by atoms with van der Waals surface area (Å²) >= 11 is 0. The van der Waals surface area contributed by atoms with E-state index < -0.39 is 0 Å². The van der Waals surface area contributed by atoms with Gasteiger partial charge < -0.3 is 15.1 Å². The summed E-state index contributed by atoms with van der Waals surface area (Å²) in [4.78, 5) is 12.5. The molecule has 1 amide bonds. The van der Waals surface area contributed by atoms with Gasteiger partial charge >= 0.3 is 0 Å². The largest absolute Gasteiger partial charge is 0.451 e. The van der Waals surface area contributed by atoms with E-state index in [1.54, 1.807) is 0 Å². The number of nitrogens with one attached hydrogen (secondary N) is 2. The highest BCUT2D eigenvalue weighted by molar-refractivity contribution is 5.99. The van der Waals surface area contributed by atoms with Crippen molar-refractivity contribution in [3.05, 3.63) is 35.6 Å². The summed E-state index contributed by atoms with van der Waals surface area (Å²) < 4.78 is 5.74. The zero-order valence-electron chi connectivity index (χ0n) is 12.2. The van der Waals surface area contributed by atoms with Gasteiger partial charge in [0.05, 0.1) is 0 Å². The van der Waals surface area contributed by atoms with E-state index in [4.69, 9.17) is 4.42 Å². The lowest BCUT2D eigenvalue weighted by Crippen LogP contribution is -2.48. The number of furan rings is 1. The number of benzene rings is 1. The van der Waals surface area contributed by atoms with Crippen molar-refractivity contribution in [1.82, 2.24) is 10.6 Å². The van der Waals surface area contributed by atoms with Gasteiger partial charge in [-0.3, -0.25) is 4.79 Å². The minimum absolute atomic E-state index is 0.0741. The predicted octanol–water partition coefficient (Wildman–Crippen LogP) is 2.75. The fourth-order valence-electron chi connectivity index (χ4n) is 3.82. The number of fused-ring (bicyclic) bond motifs is 3. The van der Waals surface area contributed by atoms with Crippen LogP contribution >= 0.6 is 0 Å². The highest BCUT2D eigenvalue weighted by Crippen LogP contribution is 2.28. The van der Waals surface area contributed by atoms with Crippen molar-refractivity contribution >= 4 is 16.9 Å². The lowest BCUT2D eigenvalue weighted by atomic mass is 9.99. The number of aryl methyl sites for hydroxylation is 1. The number of hydrogen-bond acceptors (Lipinski definition) is 3. The minimum Gasteiger partial charge on any atom is -0.451 e. The van der Waals surface area contributed by atoms with Crippen LogP contribution in [0.3, 0.4) is 0 Å². The molecule has 2 saturated heterocycles. The van der Waals surface area contributed by atoms with Crippen LogP contribution in [0.2, 0.25) is 0 Å². The fraction of sp³-hybridized carbons (Fsp3) is 0.471. The molecule has 1 aromatic carbocycles. The maximum Gasteiger partial charge on any atom is 0.287 e. The molecule has 0 spiro atoms. The van der Waals surface area contributed by atoms with Gasteiger partial charge in [-0.15, -0.1) is 0 Å². The number of carbonyl (C=O) groups is 1. The Hall–Kier alpha value is -1.81. The fourth-order valence-corrected chi connectivity index (χ4v) is 3.82. The molecule has 2 fully saturated rings. The maximum absolute atomic E-state index is 12.5. The quantitative estimate of drug-likeness (QED) is 0.891. The third-order valence-electron chi connectivity index (χ3n) is 4.86. The normalized spacial score (nSPS) is 28.0. The van der Waals surface area contributed by atoms with Crippen LogP contribution in [0, 0.1) is 6.92 Å². The van der Waals surface area contributed by atoms with Crippen molar-refractivity contribution in [2.24, 2.45) is 0 Å². The second-order valence-electron chi connectivity index (χ2n) is 6.33. The number of hydrogen-bond donors (Lipinski definition) is 2. The molecule has 1 aromatic heterocycles. The molecule has 4 nitrogen and oxygen atoms in total. The summed E-state index contributed by atoms with van der Waals surface area (Å²) in [6, 6.07) is 9.22. The molecular formula is C17H20N2O2. The molecule has 0 aliphatic carbocycles. The zero-order chi connectivity index (χ0) is 14.4. The Bertz CT molecular complexity index is 679. The van der Waals surface area contributed by atoms with E-state index in [0.717, 1.165) is 29.4 Å². The average molecular weight is 284 g/mol. The first-order valence-corrected chi connectivity index (χ1v) is 7.76. The summed E-state index contributed by atoms with van der Waals surface area (Å²) in [5.74, 6) is 0.386. The average Bonchev–Trinajstić information content (AvgIpc) is 3.00. The van der Waals surface area contributed by atoms with Crippen LogP contribution in [-0.2, 0) is 0 Å². The molecule has 2 N–H and O–H groups in total. The second-order valence-corrected chi connectivity index (χ2v) is 6.33. The zero-order valence-corrected chi connectivity index (χ0v) is 12.2. The van der Waals surface area contributed by atoms with Gasteiger partial charge in [0.2, 0.25) is 0 Å². The molecule has 2 unspecified atom stereocenters. The summed E-state index contributed by atoms with van der Waals surface area (Å²) in [5.41, 5.74) is 1.71. The molecular weight excluding hydrogens is 264 g/mol. The van der Waals surface area contributed by atoms with Gasteiger partial charge in [-0.25, -0.2) is 0 Å². The summed E-state index contributed by atoms with van der Waals surface area (Å²) in [6.07, 6.45) is 4.53. The Labute approximate surface area is 123 Å². The molecule has 2 aliphatic heterocycles. The van der Waals surface area contributed by atoms with Gasteiger partial charge in [-0.2, -0.15) is 0 Å². The molecule has 0 saturated carbocycles. The number of rotatable bonds is 2. The molecule has 2 aliphatic rings. The predicted molar refractivity (Wildman–Crippen MR) is 81.4 cm³/mol. The first kappa shape index (κ1) is 12.9. The highest BCUT2D eigenvalue weighted by atomic mass is 16.3. The number of para-hydroxylation sites is 1. The van der Waals surface area contributed by atoms with Crippen LogP contribution in [0.25, 0.3) is 11.0 Å². The molecule has 2 atom stereocenters. The van der Waals surface area contributed by atoms with Crippen molar-refractivity contribution in [1.29, 1.82) is 0 Å². The monoisotopic (exact) mass is 284 g/mol. The minimum atomic E-state index is -0.0741. The van der Waals surface area contributed by atoms with Crippen LogP contribution < -0.4 is 10.6 Å². The van der Waals surface area contributed by atoms with Gasteiger partial charge in [0.25, 0.3) is 5.91 Å². The summed E-state index contributed by atoms with van der Waals surface area (Å²) in [7, 11) is 0. The standard InChI is InChI=1S/C17H20N2O2/c1-10-14-4-2-3-5-15(14)21-16(10)17(20)19-13-8-11-6-7-12(9-13)18-11/h2-5,11-13,18H,6-9H2,1H3,(H,19,20). The van der Waals surface area contributed by atoms with E-state index in [9.17, 15) is 4.79 Å². The topological polar surface area (TPSA) is 54.3 Å². The molecule has 2 aromatic rings. The van der Waals surface area contributed by atoms with Crippen molar-refractivity contribution < 1.29 is 9.21 Å². The highest BCUT2D eigenvalue weighted by Gasteiger charge is 2.34. The van der Waals surface area contributed by atoms with Crippen LogP contribution in [0.15, 0.2) is 28.7 Å². The third kappa shape index (κ3) is 2.23. The lowest BCUT2D eigenvalue weighted by molar-refractivity contribution is 0.0897. The van der Waals surface area contributed by atoms with Crippen LogP contribution in [0.5, 0.6) is 0 Å². The van der Waals surface area contributed by atoms with Gasteiger partial charge in [0.1, 0.15) is 5.58 Å². The Kier molecular flexibility index (Phi) is 3.00. The maximum atomic E-state index is 12.5. The van der Waals surface area contributed by atoms with Gasteiger partial charge in [-0.1, -0.05) is 18.2 Å². The first-order valence-electron chi connectivity index (χ1n) is 7.76. The van der Waals surface area contributed by atoms with E-state index in [1.165, 1.54) is 12.8 Å². The molecule has 4 heteroatoms. The van der Waals surface area contributed by atoms with E-state index in [1.807, 2.05) is 31.2 Å². The van der Waals surface area contributed by atoms with Crippen molar-refractivity contribution in [3.63, 3.8) is 0 Å². The van der Waals surface area contributed by atoms with Crippen molar-refractivity contribution in [3.8, 4) is 0 Å². The van der Waals surface area contributed by atoms with Crippen LogP contribution in [0.1, 0.15) is 41.8 Å². The van der Waals surface area contributed by atoms with Crippen LogP contribution in [0.4, 0.5) is 0 Å². The smallest absolute Gasteiger partial charge is 0.287 e. The van der Waals surface area contributed by atoms with Gasteiger partial charge in [0, 0.05) is 29.1 Å². The number of carbonyl (C=O) groups excluding carboxylic acids is 1. The number of amides is 1. The first-order chi connectivity index (χ1) is 10.2. The Balaban J connectivity index is 1.55. The molecule has 2 bridgehead atoms. The number of piperidine rings is 1. The van der Waals surface area contributed by atoms with Crippen molar-refractivity contribution in [2.75, 3.05) is 0 Å². The van der Waals surface area contributed by atoms with E-state index in [-0.39, 0.29) is 11.9 Å². The molecule has 110 valence electrons. The van der Waals surface area contributed by atoms with Crippen molar-refractivity contribution in [2.45, 2.75) is 50.7 Å².